The van der Waals surface area contributed by atoms with Crippen molar-refractivity contribution in [2.75, 3.05) is 13.2 Å². The van der Waals surface area contributed by atoms with E-state index in [0.29, 0.717) is 19.6 Å². The molecule has 0 bridgehead atoms. The third-order valence-corrected chi connectivity index (χ3v) is 2.54. The summed E-state index contributed by atoms with van der Waals surface area (Å²) in [5.74, 6) is 0. The number of aliphatic hydroxyl groups is 1. The lowest BCUT2D eigenvalue weighted by atomic mass is 10.1. The summed E-state index contributed by atoms with van der Waals surface area (Å²) in [5, 5.41) is 9.68. The molecule has 0 aromatic heterocycles. The zero-order valence-electron chi connectivity index (χ0n) is 7.35. The first-order valence-corrected chi connectivity index (χ1v) is 4.55. The molecule has 1 saturated heterocycles. The van der Waals surface area contributed by atoms with E-state index < -0.39 is 6.10 Å². The first-order valence-electron chi connectivity index (χ1n) is 4.55. The lowest BCUT2D eigenvalue weighted by Gasteiger charge is -2.25. The van der Waals surface area contributed by atoms with Crippen LogP contribution >= 0.6 is 0 Å². The van der Waals surface area contributed by atoms with Crippen molar-refractivity contribution < 1.29 is 14.6 Å². The molecule has 0 aromatic rings. The molecule has 2 heterocycles. The van der Waals surface area contributed by atoms with E-state index in [1.165, 1.54) is 0 Å². The second-order valence-electron chi connectivity index (χ2n) is 3.40. The topological polar surface area (TPSA) is 49.8 Å². The highest BCUT2D eigenvalue weighted by Crippen LogP contribution is 2.19. The monoisotopic (exact) mass is 183 g/mol. The van der Waals surface area contributed by atoms with Crippen LogP contribution in [0.4, 0.5) is 4.79 Å². The van der Waals surface area contributed by atoms with Gasteiger partial charge in [-0.15, -0.1) is 0 Å². The first kappa shape index (κ1) is 8.56. The van der Waals surface area contributed by atoms with Gasteiger partial charge in [-0.2, -0.15) is 0 Å². The average molecular weight is 183 g/mol. The van der Waals surface area contributed by atoms with Crippen LogP contribution in [-0.4, -0.2) is 41.4 Å². The lowest BCUT2D eigenvalue weighted by Crippen LogP contribution is -2.42. The molecule has 72 valence electrons. The summed E-state index contributed by atoms with van der Waals surface area (Å²) in [6.07, 6.45) is 4.63. The number of cyclic esters (lactones) is 1. The van der Waals surface area contributed by atoms with Gasteiger partial charge in [0.25, 0.3) is 0 Å². The smallest absolute Gasteiger partial charge is 0.410 e. The molecule has 2 rings (SSSR count). The quantitative estimate of drug-likeness (QED) is 0.557. The molecule has 0 aliphatic carbocycles. The number of carbonyl (C=O) groups is 1. The Bertz CT molecular complexity index is 239. The molecule has 4 nitrogen and oxygen atoms in total. The summed E-state index contributed by atoms with van der Waals surface area (Å²) in [6, 6.07) is -0.141. The molecule has 13 heavy (non-hydrogen) atoms. The fraction of sp³-hybridized carbons (Fsp3) is 0.667. The second-order valence-corrected chi connectivity index (χ2v) is 3.40. The zero-order chi connectivity index (χ0) is 9.26. The Morgan fingerprint density at radius 1 is 1.54 bits per heavy atom. The van der Waals surface area contributed by atoms with Crippen LogP contribution in [0.15, 0.2) is 12.2 Å². The Hall–Kier alpha value is -1.03. The van der Waals surface area contributed by atoms with Crippen LogP contribution in [0, 0.1) is 0 Å². The SMILES string of the molecule is O=C1OC[C@H]2[C@@H](O)C/C=C\CCN12. The summed E-state index contributed by atoms with van der Waals surface area (Å²) in [4.78, 5) is 12.8. The van der Waals surface area contributed by atoms with Crippen molar-refractivity contribution in [3.05, 3.63) is 12.2 Å². The summed E-state index contributed by atoms with van der Waals surface area (Å²) < 4.78 is 4.88. The van der Waals surface area contributed by atoms with E-state index in [1.54, 1.807) is 4.90 Å². The van der Waals surface area contributed by atoms with Crippen LogP contribution < -0.4 is 0 Å². The van der Waals surface area contributed by atoms with Crippen LogP contribution in [0.25, 0.3) is 0 Å². The van der Waals surface area contributed by atoms with Crippen LogP contribution in [-0.2, 0) is 4.74 Å². The van der Waals surface area contributed by atoms with Crippen molar-refractivity contribution in [2.45, 2.75) is 25.0 Å². The van der Waals surface area contributed by atoms with Crippen LogP contribution in [0.2, 0.25) is 0 Å². The van der Waals surface area contributed by atoms with Gasteiger partial charge in [0.05, 0.1) is 12.1 Å². The summed E-state index contributed by atoms with van der Waals surface area (Å²) in [5.41, 5.74) is 0. The second kappa shape index (κ2) is 3.38. The third-order valence-electron chi connectivity index (χ3n) is 2.54. The number of hydrogen-bond acceptors (Lipinski definition) is 3. The number of nitrogens with zero attached hydrogens (tertiary/aromatic N) is 1. The number of carbonyl (C=O) groups excluding carboxylic acids is 1. The van der Waals surface area contributed by atoms with Gasteiger partial charge in [0.15, 0.2) is 0 Å². The van der Waals surface area contributed by atoms with Gasteiger partial charge in [0.1, 0.15) is 6.61 Å². The standard InChI is InChI=1S/C9H13NO3/c11-8-4-2-1-3-5-10-7(8)6-13-9(10)12/h1-2,7-8,11H,3-6H2/b2-1-/t7-,8-/m0/s1. The lowest BCUT2D eigenvalue weighted by molar-refractivity contribution is 0.0869. The molecule has 2 atom stereocenters. The van der Waals surface area contributed by atoms with Gasteiger partial charge >= 0.3 is 6.09 Å². The molecule has 0 unspecified atom stereocenters. The molecule has 2 aliphatic heterocycles. The normalized spacial score (nSPS) is 36.1. The molecule has 1 amide bonds. The summed E-state index contributed by atoms with van der Waals surface area (Å²) in [7, 11) is 0. The van der Waals surface area contributed by atoms with Gasteiger partial charge in [-0.25, -0.2) is 4.79 Å². The Balaban J connectivity index is 2.14. The largest absolute Gasteiger partial charge is 0.447 e. The van der Waals surface area contributed by atoms with Crippen molar-refractivity contribution in [3.63, 3.8) is 0 Å². The minimum absolute atomic E-state index is 0.141. The molecule has 0 spiro atoms. The van der Waals surface area contributed by atoms with Crippen LogP contribution in [0.1, 0.15) is 12.8 Å². The number of ether oxygens (including phenoxy) is 1. The Morgan fingerprint density at radius 3 is 3.23 bits per heavy atom. The van der Waals surface area contributed by atoms with Gasteiger partial charge in [-0.1, -0.05) is 12.2 Å². The van der Waals surface area contributed by atoms with E-state index in [-0.39, 0.29) is 12.1 Å². The first-order chi connectivity index (χ1) is 6.29. The Kier molecular flexibility index (Phi) is 2.22. The molecule has 2 aliphatic rings. The van der Waals surface area contributed by atoms with Crippen molar-refractivity contribution in [1.29, 1.82) is 0 Å². The molecule has 1 N–H and O–H groups in total. The predicted molar refractivity (Wildman–Crippen MR) is 46.2 cm³/mol. The molecule has 0 aromatic carbocycles. The molecule has 4 heteroatoms. The van der Waals surface area contributed by atoms with E-state index in [9.17, 15) is 9.90 Å². The predicted octanol–water partition coefficient (Wildman–Crippen LogP) is 0.518. The van der Waals surface area contributed by atoms with Crippen molar-refractivity contribution in [1.82, 2.24) is 4.90 Å². The van der Waals surface area contributed by atoms with Gasteiger partial charge < -0.3 is 9.84 Å². The molecular formula is C9H13NO3. The van der Waals surface area contributed by atoms with Gasteiger partial charge in [-0.05, 0) is 12.8 Å². The van der Waals surface area contributed by atoms with Crippen molar-refractivity contribution in [3.8, 4) is 0 Å². The molecular weight excluding hydrogens is 170 g/mol. The molecule has 1 fully saturated rings. The number of aliphatic hydroxyl groups excluding tert-OH is 1. The Morgan fingerprint density at radius 2 is 2.38 bits per heavy atom. The average Bonchev–Trinajstić information content (AvgIpc) is 2.43. The van der Waals surface area contributed by atoms with E-state index in [2.05, 4.69) is 0 Å². The van der Waals surface area contributed by atoms with E-state index in [1.807, 2.05) is 12.2 Å². The van der Waals surface area contributed by atoms with E-state index >= 15 is 0 Å². The molecule has 0 radical (unpaired) electrons. The van der Waals surface area contributed by atoms with Gasteiger partial charge in [0.2, 0.25) is 0 Å². The Labute approximate surface area is 76.8 Å². The zero-order valence-corrected chi connectivity index (χ0v) is 7.35. The minimum atomic E-state index is -0.483. The number of amides is 1. The van der Waals surface area contributed by atoms with Gasteiger partial charge in [0, 0.05) is 6.54 Å². The van der Waals surface area contributed by atoms with Crippen molar-refractivity contribution in [2.24, 2.45) is 0 Å². The fourth-order valence-electron chi connectivity index (χ4n) is 1.77. The highest BCUT2D eigenvalue weighted by Gasteiger charge is 2.37. The highest BCUT2D eigenvalue weighted by atomic mass is 16.6. The maximum Gasteiger partial charge on any atom is 0.410 e. The summed E-state index contributed by atoms with van der Waals surface area (Å²) >= 11 is 0. The number of fused-ring (bicyclic) bond motifs is 1. The number of hydrogen-bond donors (Lipinski definition) is 1. The molecule has 0 saturated carbocycles. The van der Waals surface area contributed by atoms with Crippen LogP contribution in [0.5, 0.6) is 0 Å². The number of rotatable bonds is 0. The maximum atomic E-state index is 11.2. The fourth-order valence-corrected chi connectivity index (χ4v) is 1.77. The van der Waals surface area contributed by atoms with Gasteiger partial charge in [-0.3, -0.25) is 4.90 Å². The third kappa shape index (κ3) is 1.54. The maximum absolute atomic E-state index is 11.2. The van der Waals surface area contributed by atoms with Crippen molar-refractivity contribution >= 4 is 6.09 Å². The van der Waals surface area contributed by atoms with E-state index in [0.717, 1.165) is 6.42 Å². The summed E-state index contributed by atoms with van der Waals surface area (Å²) in [6.45, 7) is 0.977. The van der Waals surface area contributed by atoms with Crippen LogP contribution in [0.3, 0.4) is 0 Å². The van der Waals surface area contributed by atoms with E-state index in [4.69, 9.17) is 4.74 Å². The minimum Gasteiger partial charge on any atom is -0.447 e. The highest BCUT2D eigenvalue weighted by molar-refractivity contribution is 5.70.